The lowest BCUT2D eigenvalue weighted by Crippen LogP contribution is -2.44. The van der Waals surface area contributed by atoms with Crippen molar-refractivity contribution in [3.63, 3.8) is 0 Å². The first-order valence-corrected chi connectivity index (χ1v) is 7.79. The van der Waals surface area contributed by atoms with Gasteiger partial charge in [-0.15, -0.1) is 12.6 Å². The summed E-state index contributed by atoms with van der Waals surface area (Å²) in [5, 5.41) is 3.01. The highest BCUT2D eigenvalue weighted by Gasteiger charge is 2.20. The number of halogens is 1. The second-order valence-electron chi connectivity index (χ2n) is 5.00. The molecule has 1 unspecified atom stereocenters. The second-order valence-corrected chi connectivity index (χ2v) is 6.40. The highest BCUT2D eigenvalue weighted by molar-refractivity contribution is 9.10. The van der Waals surface area contributed by atoms with Crippen LogP contribution >= 0.6 is 28.6 Å². The van der Waals surface area contributed by atoms with E-state index >= 15 is 0 Å². The molecule has 1 amide bonds. The monoisotopic (exact) mass is 342 g/mol. The molecule has 104 valence electrons. The van der Waals surface area contributed by atoms with Crippen molar-refractivity contribution in [3.8, 4) is 0 Å². The van der Waals surface area contributed by atoms with Crippen molar-refractivity contribution in [2.75, 3.05) is 20.1 Å². The quantitative estimate of drug-likeness (QED) is 0.827. The molecule has 5 heteroatoms. The van der Waals surface area contributed by atoms with Crippen LogP contribution in [-0.4, -0.2) is 37.0 Å². The molecule has 1 atom stereocenters. The zero-order valence-corrected chi connectivity index (χ0v) is 13.5. The Kier molecular flexibility index (Phi) is 5.30. The van der Waals surface area contributed by atoms with Crippen molar-refractivity contribution in [2.24, 2.45) is 0 Å². The molecule has 1 aromatic carbocycles. The lowest BCUT2D eigenvalue weighted by atomic mass is 10.0. The maximum atomic E-state index is 12.1. The Hall–Kier alpha value is -0.520. The molecule has 0 radical (unpaired) electrons. The number of carbonyl (C=O) groups excluding carboxylic acids is 1. The number of benzene rings is 1. The van der Waals surface area contributed by atoms with Gasteiger partial charge in [0.15, 0.2) is 0 Å². The van der Waals surface area contributed by atoms with Crippen LogP contribution in [0.3, 0.4) is 0 Å². The van der Waals surface area contributed by atoms with Gasteiger partial charge in [-0.3, -0.25) is 4.79 Å². The second kappa shape index (κ2) is 6.77. The van der Waals surface area contributed by atoms with E-state index in [1.807, 2.05) is 12.1 Å². The van der Waals surface area contributed by atoms with Gasteiger partial charge in [0.2, 0.25) is 0 Å². The first kappa shape index (κ1) is 14.9. The largest absolute Gasteiger partial charge is 0.350 e. The average Bonchev–Trinajstić information content (AvgIpc) is 2.37. The van der Waals surface area contributed by atoms with Crippen molar-refractivity contribution >= 4 is 34.5 Å². The summed E-state index contributed by atoms with van der Waals surface area (Å²) in [6.45, 7) is 1.83. The minimum atomic E-state index is -0.0449. The summed E-state index contributed by atoms with van der Waals surface area (Å²) in [7, 11) is 2.12. The number of nitrogens with one attached hydrogen (secondary N) is 1. The standard InChI is InChI=1S/C14H19BrN2OS/c1-17-7-3-2-4-11(17)9-16-14(18)12-6-5-10(15)8-13(12)19/h5-6,8,11,19H,2-4,7,9H2,1H3,(H,16,18). The minimum Gasteiger partial charge on any atom is -0.350 e. The summed E-state index contributed by atoms with van der Waals surface area (Å²) >= 11 is 7.71. The van der Waals surface area contributed by atoms with Gasteiger partial charge < -0.3 is 10.2 Å². The zero-order chi connectivity index (χ0) is 13.8. The van der Waals surface area contributed by atoms with E-state index in [2.05, 4.69) is 45.8 Å². The van der Waals surface area contributed by atoms with Crippen LogP contribution in [0.5, 0.6) is 0 Å². The predicted molar refractivity (Wildman–Crippen MR) is 84.0 cm³/mol. The Balaban J connectivity index is 1.93. The number of hydrogen-bond acceptors (Lipinski definition) is 3. The smallest absolute Gasteiger partial charge is 0.252 e. The third kappa shape index (κ3) is 3.97. The van der Waals surface area contributed by atoms with Crippen LogP contribution in [0.15, 0.2) is 27.6 Å². The van der Waals surface area contributed by atoms with E-state index in [-0.39, 0.29) is 5.91 Å². The summed E-state index contributed by atoms with van der Waals surface area (Å²) in [6.07, 6.45) is 3.67. The van der Waals surface area contributed by atoms with E-state index in [9.17, 15) is 4.79 Å². The highest BCUT2D eigenvalue weighted by atomic mass is 79.9. The van der Waals surface area contributed by atoms with E-state index in [1.165, 1.54) is 12.8 Å². The summed E-state index contributed by atoms with van der Waals surface area (Å²) in [6, 6.07) is 5.95. The van der Waals surface area contributed by atoms with E-state index in [0.29, 0.717) is 23.0 Å². The van der Waals surface area contributed by atoms with Crippen molar-refractivity contribution in [1.29, 1.82) is 0 Å². The van der Waals surface area contributed by atoms with Gasteiger partial charge in [-0.1, -0.05) is 22.4 Å². The van der Waals surface area contributed by atoms with Crippen LogP contribution in [0.2, 0.25) is 0 Å². The Morgan fingerprint density at radius 1 is 1.53 bits per heavy atom. The van der Waals surface area contributed by atoms with Gasteiger partial charge in [-0.2, -0.15) is 0 Å². The van der Waals surface area contributed by atoms with E-state index < -0.39 is 0 Å². The molecule has 0 aliphatic carbocycles. The lowest BCUT2D eigenvalue weighted by Gasteiger charge is -2.32. The van der Waals surface area contributed by atoms with Gasteiger partial charge >= 0.3 is 0 Å². The summed E-state index contributed by atoms with van der Waals surface area (Å²) < 4.78 is 0.932. The van der Waals surface area contributed by atoms with Gasteiger partial charge in [-0.25, -0.2) is 0 Å². The maximum Gasteiger partial charge on any atom is 0.252 e. The number of amides is 1. The Morgan fingerprint density at radius 2 is 2.32 bits per heavy atom. The van der Waals surface area contributed by atoms with Crippen LogP contribution in [0.25, 0.3) is 0 Å². The van der Waals surface area contributed by atoms with Crippen molar-refractivity contribution < 1.29 is 4.79 Å². The molecule has 19 heavy (non-hydrogen) atoms. The third-order valence-electron chi connectivity index (χ3n) is 3.62. The molecule has 1 saturated heterocycles. The van der Waals surface area contributed by atoms with Crippen LogP contribution in [-0.2, 0) is 0 Å². The predicted octanol–water partition coefficient (Wildman–Crippen LogP) is 2.95. The number of hydrogen-bond donors (Lipinski definition) is 2. The van der Waals surface area contributed by atoms with Crippen LogP contribution in [0, 0.1) is 0 Å². The lowest BCUT2D eigenvalue weighted by molar-refractivity contribution is 0.0925. The molecule has 1 heterocycles. The van der Waals surface area contributed by atoms with Gasteiger partial charge in [0.05, 0.1) is 5.56 Å². The number of rotatable bonds is 3. The molecule has 0 aromatic heterocycles. The molecular weight excluding hydrogens is 324 g/mol. The van der Waals surface area contributed by atoms with Crippen molar-refractivity contribution in [2.45, 2.75) is 30.2 Å². The minimum absolute atomic E-state index is 0.0449. The summed E-state index contributed by atoms with van der Waals surface area (Å²) in [5.74, 6) is -0.0449. The molecule has 1 fully saturated rings. The zero-order valence-electron chi connectivity index (χ0n) is 11.0. The molecule has 0 spiro atoms. The Labute approximate surface area is 128 Å². The molecule has 0 saturated carbocycles. The van der Waals surface area contributed by atoms with Gasteiger partial charge in [0, 0.05) is 22.0 Å². The normalized spacial score (nSPS) is 20.3. The first-order valence-electron chi connectivity index (χ1n) is 6.55. The number of piperidine rings is 1. The van der Waals surface area contributed by atoms with Crippen molar-refractivity contribution in [1.82, 2.24) is 10.2 Å². The number of nitrogens with zero attached hydrogens (tertiary/aromatic N) is 1. The number of likely N-dealkylation sites (tertiary alicyclic amines) is 1. The molecular formula is C14H19BrN2OS. The molecule has 0 bridgehead atoms. The van der Waals surface area contributed by atoms with Gasteiger partial charge in [0.1, 0.15) is 0 Å². The number of carbonyl (C=O) groups is 1. The van der Waals surface area contributed by atoms with E-state index in [4.69, 9.17) is 0 Å². The molecule has 1 N–H and O–H groups in total. The number of likely N-dealkylation sites (N-methyl/N-ethyl adjacent to an activating group) is 1. The van der Waals surface area contributed by atoms with Crippen LogP contribution in [0.4, 0.5) is 0 Å². The average molecular weight is 343 g/mol. The van der Waals surface area contributed by atoms with Crippen molar-refractivity contribution in [3.05, 3.63) is 28.2 Å². The van der Waals surface area contributed by atoms with E-state index in [0.717, 1.165) is 17.4 Å². The molecule has 3 nitrogen and oxygen atoms in total. The highest BCUT2D eigenvalue weighted by Crippen LogP contribution is 2.20. The fourth-order valence-corrected chi connectivity index (χ4v) is 3.26. The van der Waals surface area contributed by atoms with Crippen LogP contribution in [0.1, 0.15) is 29.6 Å². The summed E-state index contributed by atoms with van der Waals surface area (Å²) in [5.41, 5.74) is 0.630. The fourth-order valence-electron chi connectivity index (χ4n) is 2.40. The van der Waals surface area contributed by atoms with Gasteiger partial charge in [-0.05, 0) is 44.6 Å². The van der Waals surface area contributed by atoms with E-state index in [1.54, 1.807) is 6.07 Å². The fraction of sp³-hybridized carbons (Fsp3) is 0.500. The topological polar surface area (TPSA) is 32.3 Å². The molecule has 1 aromatic rings. The molecule has 2 rings (SSSR count). The number of thiol groups is 1. The molecule has 1 aliphatic rings. The van der Waals surface area contributed by atoms with Gasteiger partial charge in [0.25, 0.3) is 5.91 Å². The Morgan fingerprint density at radius 3 is 3.00 bits per heavy atom. The maximum absolute atomic E-state index is 12.1. The third-order valence-corrected chi connectivity index (χ3v) is 4.49. The Bertz CT molecular complexity index is 467. The van der Waals surface area contributed by atoms with Crippen LogP contribution < -0.4 is 5.32 Å². The first-order chi connectivity index (χ1) is 9.08. The SMILES string of the molecule is CN1CCCCC1CNC(=O)c1ccc(Br)cc1S. The summed E-state index contributed by atoms with van der Waals surface area (Å²) in [4.78, 5) is 15.2. The molecule has 1 aliphatic heterocycles.